The molecule has 0 saturated carbocycles. The van der Waals surface area contributed by atoms with Crippen LogP contribution in [0, 0.1) is 27.7 Å². The van der Waals surface area contributed by atoms with Crippen LogP contribution in [0.5, 0.6) is 0 Å². The van der Waals surface area contributed by atoms with Crippen molar-refractivity contribution in [3.8, 4) is 0 Å². The van der Waals surface area contributed by atoms with E-state index in [0.717, 1.165) is 34.2 Å². The molecule has 0 fully saturated rings. The molecule has 8 heteroatoms. The van der Waals surface area contributed by atoms with Crippen molar-refractivity contribution < 1.29 is 18.0 Å². The summed E-state index contributed by atoms with van der Waals surface area (Å²) in [4.78, 5) is 29.3. The summed E-state index contributed by atoms with van der Waals surface area (Å²) in [7, 11) is -4.11. The van der Waals surface area contributed by atoms with Gasteiger partial charge in [0.25, 0.3) is 10.0 Å². The minimum Gasteiger partial charge on any atom is -0.352 e. The molecule has 0 unspecified atom stereocenters. The van der Waals surface area contributed by atoms with Crippen LogP contribution in [0.25, 0.3) is 0 Å². The van der Waals surface area contributed by atoms with Gasteiger partial charge in [-0.15, -0.1) is 0 Å². The van der Waals surface area contributed by atoms with Gasteiger partial charge in [0.15, 0.2) is 0 Å². The zero-order valence-corrected chi connectivity index (χ0v) is 26.1. The van der Waals surface area contributed by atoms with Crippen molar-refractivity contribution in [3.05, 3.63) is 94.5 Å². The summed E-state index contributed by atoms with van der Waals surface area (Å²) in [5, 5.41) is 3.01. The third-order valence-electron chi connectivity index (χ3n) is 7.72. The molecule has 0 bridgehead atoms. The first-order valence-corrected chi connectivity index (χ1v) is 15.6. The molecular formula is C33H43N3O4S. The number of carbonyl (C=O) groups is 2. The van der Waals surface area contributed by atoms with Crippen LogP contribution in [-0.4, -0.2) is 43.8 Å². The predicted molar refractivity (Wildman–Crippen MR) is 165 cm³/mol. The molecule has 1 N–H and O–H groups in total. The monoisotopic (exact) mass is 577 g/mol. The molecule has 0 heterocycles. The van der Waals surface area contributed by atoms with Gasteiger partial charge in [0.2, 0.25) is 11.8 Å². The van der Waals surface area contributed by atoms with Crippen LogP contribution in [0.15, 0.2) is 71.6 Å². The molecule has 0 aliphatic carbocycles. The van der Waals surface area contributed by atoms with E-state index in [0.29, 0.717) is 12.1 Å². The lowest BCUT2D eigenvalue weighted by molar-refractivity contribution is -0.140. The second kappa shape index (κ2) is 13.8. The smallest absolute Gasteiger partial charge is 0.264 e. The standard InChI is InChI=1S/C33H43N3O4S/c1-8-26(6)34-33(38)30(9-2)35(21-28-15-11-10-13-25(28)5)32(37)22-36(31-16-12-14-24(4)27(31)7)41(39,40)29-19-17-23(3)18-20-29/h10-20,26,30H,8-9,21-22H2,1-7H3,(H,34,38)/t26-,30+/m0/s1. The van der Waals surface area contributed by atoms with E-state index < -0.39 is 28.5 Å². The largest absolute Gasteiger partial charge is 0.352 e. The summed E-state index contributed by atoms with van der Waals surface area (Å²) in [6.45, 7) is 13.1. The highest BCUT2D eigenvalue weighted by Gasteiger charge is 2.34. The Bertz CT molecular complexity index is 1470. The Balaban J connectivity index is 2.11. The fourth-order valence-electron chi connectivity index (χ4n) is 4.69. The number of carbonyl (C=O) groups excluding carboxylic acids is 2. The Morgan fingerprint density at radius 2 is 1.46 bits per heavy atom. The summed E-state index contributed by atoms with van der Waals surface area (Å²) in [6.07, 6.45) is 1.14. The van der Waals surface area contributed by atoms with Gasteiger partial charge in [-0.25, -0.2) is 8.42 Å². The van der Waals surface area contributed by atoms with E-state index in [2.05, 4.69) is 5.32 Å². The van der Waals surface area contributed by atoms with Gasteiger partial charge in [-0.3, -0.25) is 13.9 Å². The van der Waals surface area contributed by atoms with E-state index in [1.54, 1.807) is 36.4 Å². The lowest BCUT2D eigenvalue weighted by atomic mass is 10.1. The average Bonchev–Trinajstić information content (AvgIpc) is 2.94. The summed E-state index contributed by atoms with van der Waals surface area (Å²) in [5.74, 6) is -0.695. The molecule has 0 aromatic heterocycles. The highest BCUT2D eigenvalue weighted by atomic mass is 32.2. The average molecular weight is 578 g/mol. The van der Waals surface area contributed by atoms with Crippen molar-refractivity contribution in [2.75, 3.05) is 10.8 Å². The number of aryl methyl sites for hydroxylation is 3. The number of anilines is 1. The van der Waals surface area contributed by atoms with Gasteiger partial charge in [0, 0.05) is 12.6 Å². The molecule has 41 heavy (non-hydrogen) atoms. The van der Waals surface area contributed by atoms with Crippen molar-refractivity contribution >= 4 is 27.5 Å². The predicted octanol–water partition coefficient (Wildman–Crippen LogP) is 5.84. The van der Waals surface area contributed by atoms with Gasteiger partial charge >= 0.3 is 0 Å². The number of benzene rings is 3. The molecule has 2 atom stereocenters. The molecule has 3 aromatic rings. The number of amides is 2. The van der Waals surface area contributed by atoms with Gasteiger partial charge in [0.1, 0.15) is 12.6 Å². The zero-order valence-electron chi connectivity index (χ0n) is 25.3. The third-order valence-corrected chi connectivity index (χ3v) is 9.50. The second-order valence-corrected chi connectivity index (χ2v) is 12.6. The Kier molecular flexibility index (Phi) is 10.7. The van der Waals surface area contributed by atoms with Crippen LogP contribution in [0.3, 0.4) is 0 Å². The first-order valence-electron chi connectivity index (χ1n) is 14.2. The maximum absolute atomic E-state index is 14.3. The topological polar surface area (TPSA) is 86.8 Å². The maximum atomic E-state index is 14.3. The van der Waals surface area contributed by atoms with Crippen LogP contribution in [0.1, 0.15) is 61.4 Å². The van der Waals surface area contributed by atoms with E-state index in [4.69, 9.17) is 0 Å². The third kappa shape index (κ3) is 7.55. The molecule has 0 aliphatic heterocycles. The minimum absolute atomic E-state index is 0.0553. The Morgan fingerprint density at radius 3 is 2.07 bits per heavy atom. The molecule has 0 saturated heterocycles. The van der Waals surface area contributed by atoms with Gasteiger partial charge in [-0.05, 0) is 87.9 Å². The normalized spacial score (nSPS) is 12.9. The van der Waals surface area contributed by atoms with Gasteiger partial charge < -0.3 is 10.2 Å². The van der Waals surface area contributed by atoms with Gasteiger partial charge in [-0.2, -0.15) is 0 Å². The number of sulfonamides is 1. The lowest BCUT2D eigenvalue weighted by Gasteiger charge is -2.34. The number of rotatable bonds is 12. The van der Waals surface area contributed by atoms with Crippen LogP contribution in [0.4, 0.5) is 5.69 Å². The molecular weight excluding hydrogens is 534 g/mol. The zero-order chi connectivity index (χ0) is 30.3. The Morgan fingerprint density at radius 1 is 0.829 bits per heavy atom. The first kappa shape index (κ1) is 31.9. The van der Waals surface area contributed by atoms with Crippen LogP contribution in [-0.2, 0) is 26.2 Å². The fraction of sp³-hybridized carbons (Fsp3) is 0.394. The fourth-order valence-corrected chi connectivity index (χ4v) is 6.16. The van der Waals surface area contributed by atoms with Crippen molar-refractivity contribution in [1.82, 2.24) is 10.2 Å². The number of hydrogen-bond donors (Lipinski definition) is 1. The molecule has 2 amide bonds. The molecule has 220 valence electrons. The van der Waals surface area contributed by atoms with E-state index in [-0.39, 0.29) is 23.4 Å². The molecule has 3 aromatic carbocycles. The Hall–Kier alpha value is -3.65. The summed E-state index contributed by atoms with van der Waals surface area (Å²) in [5.41, 5.74) is 4.93. The van der Waals surface area contributed by atoms with Gasteiger partial charge in [-0.1, -0.05) is 67.9 Å². The van der Waals surface area contributed by atoms with Crippen molar-refractivity contribution in [2.24, 2.45) is 0 Å². The maximum Gasteiger partial charge on any atom is 0.264 e. The molecule has 0 aliphatic rings. The summed E-state index contributed by atoms with van der Waals surface area (Å²) < 4.78 is 29.4. The number of hydrogen-bond acceptors (Lipinski definition) is 4. The Labute approximate surface area is 245 Å². The number of nitrogens with one attached hydrogen (secondary N) is 1. The summed E-state index contributed by atoms with van der Waals surface area (Å²) in [6, 6.07) is 18.9. The minimum atomic E-state index is -4.11. The van der Waals surface area contributed by atoms with E-state index >= 15 is 0 Å². The van der Waals surface area contributed by atoms with E-state index in [1.807, 2.05) is 78.8 Å². The van der Waals surface area contributed by atoms with Crippen LogP contribution in [0.2, 0.25) is 0 Å². The lowest BCUT2D eigenvalue weighted by Crippen LogP contribution is -2.53. The molecule has 0 spiro atoms. The van der Waals surface area contributed by atoms with Crippen LogP contribution < -0.4 is 9.62 Å². The first-order chi connectivity index (χ1) is 19.4. The van der Waals surface area contributed by atoms with Crippen LogP contribution >= 0.6 is 0 Å². The quantitative estimate of drug-likeness (QED) is 0.293. The van der Waals surface area contributed by atoms with Crippen molar-refractivity contribution in [1.29, 1.82) is 0 Å². The highest BCUT2D eigenvalue weighted by Crippen LogP contribution is 2.29. The molecule has 3 rings (SSSR count). The van der Waals surface area contributed by atoms with Crippen molar-refractivity contribution in [2.45, 2.75) is 84.8 Å². The van der Waals surface area contributed by atoms with Crippen molar-refractivity contribution in [3.63, 3.8) is 0 Å². The molecule has 0 radical (unpaired) electrons. The second-order valence-electron chi connectivity index (χ2n) is 10.7. The van der Waals surface area contributed by atoms with Gasteiger partial charge in [0.05, 0.1) is 10.6 Å². The summed E-state index contributed by atoms with van der Waals surface area (Å²) >= 11 is 0. The SMILES string of the molecule is CC[C@H](C(=O)N[C@@H](C)CC)N(Cc1ccccc1C)C(=O)CN(c1cccc(C)c1C)S(=O)(=O)c1ccc(C)cc1. The molecule has 7 nitrogen and oxygen atoms in total. The van der Waals surface area contributed by atoms with E-state index in [1.165, 1.54) is 9.21 Å². The van der Waals surface area contributed by atoms with E-state index in [9.17, 15) is 18.0 Å². The number of nitrogens with zero attached hydrogens (tertiary/aromatic N) is 2. The highest BCUT2D eigenvalue weighted by molar-refractivity contribution is 7.92.